The van der Waals surface area contributed by atoms with Gasteiger partial charge in [0.1, 0.15) is 16.9 Å². The van der Waals surface area contributed by atoms with Gasteiger partial charge in [-0.1, -0.05) is 12.1 Å². The van der Waals surface area contributed by atoms with Crippen LogP contribution < -0.4 is 5.63 Å². The summed E-state index contributed by atoms with van der Waals surface area (Å²) in [6.07, 6.45) is 2.88. The first-order valence-electron chi connectivity index (χ1n) is 5.44. The second kappa shape index (κ2) is 4.66. The third kappa shape index (κ3) is 2.13. The monoisotopic (exact) mass is 272 g/mol. The van der Waals surface area contributed by atoms with Gasteiger partial charge in [0.25, 0.3) is 0 Å². The highest BCUT2D eigenvalue weighted by Gasteiger charge is 2.11. The molecule has 94 valence electrons. The molecule has 2 aromatic heterocycles. The highest BCUT2D eigenvalue weighted by molar-refractivity contribution is 7.13. The van der Waals surface area contributed by atoms with E-state index in [0.717, 1.165) is 0 Å². The van der Waals surface area contributed by atoms with E-state index in [0.29, 0.717) is 16.1 Å². The lowest BCUT2D eigenvalue weighted by Gasteiger charge is -2.01. The van der Waals surface area contributed by atoms with Crippen molar-refractivity contribution in [1.29, 1.82) is 0 Å². The molecule has 0 aliphatic rings. The van der Waals surface area contributed by atoms with Gasteiger partial charge in [-0.3, -0.25) is 0 Å². The molecule has 0 aliphatic carbocycles. The third-order valence-corrected chi connectivity index (χ3v) is 3.22. The van der Waals surface area contributed by atoms with E-state index in [1.807, 2.05) is 0 Å². The number of benzene rings is 1. The van der Waals surface area contributed by atoms with Crippen LogP contribution in [0, 0.1) is 0 Å². The highest BCUT2D eigenvalue weighted by atomic mass is 32.1. The number of rotatable bonds is 2. The van der Waals surface area contributed by atoms with Crippen LogP contribution in [0.5, 0.6) is 5.75 Å². The molecule has 2 heterocycles. The average Bonchev–Trinajstić information content (AvgIpc) is 2.92. The molecule has 6 heteroatoms. The Hall–Kier alpha value is -2.47. The molecule has 0 aliphatic heterocycles. The minimum Gasteiger partial charge on any atom is -0.506 e. The second-order valence-electron chi connectivity index (χ2n) is 3.72. The Morgan fingerprint density at radius 1 is 1.37 bits per heavy atom. The summed E-state index contributed by atoms with van der Waals surface area (Å²) < 4.78 is 5.12. The van der Waals surface area contributed by atoms with Crippen molar-refractivity contribution in [2.75, 3.05) is 0 Å². The van der Waals surface area contributed by atoms with Gasteiger partial charge in [0.05, 0.1) is 5.39 Å². The molecule has 1 aromatic carbocycles. The van der Waals surface area contributed by atoms with Gasteiger partial charge in [-0.05, 0) is 12.1 Å². The van der Waals surface area contributed by atoms with E-state index in [-0.39, 0.29) is 11.3 Å². The predicted octanol–water partition coefficient (Wildman–Crippen LogP) is 2.71. The Morgan fingerprint density at radius 2 is 2.21 bits per heavy atom. The van der Waals surface area contributed by atoms with E-state index in [1.54, 1.807) is 35.8 Å². The van der Waals surface area contributed by atoms with E-state index in [1.165, 1.54) is 17.6 Å². The minimum atomic E-state index is -0.628. The maximum absolute atomic E-state index is 11.8. The van der Waals surface area contributed by atoms with Crippen LogP contribution in [-0.2, 0) is 0 Å². The number of para-hydroxylation sites is 1. The summed E-state index contributed by atoms with van der Waals surface area (Å²) in [6.45, 7) is 0. The second-order valence-corrected chi connectivity index (χ2v) is 4.59. The molecule has 0 radical (unpaired) electrons. The lowest BCUT2D eigenvalue weighted by Crippen LogP contribution is -2.06. The zero-order chi connectivity index (χ0) is 13.2. The first-order chi connectivity index (χ1) is 9.25. The lowest BCUT2D eigenvalue weighted by molar-refractivity contribution is 0.466. The SMILES string of the molecule is O=c1oc2ccccc2c(O)c1C=Nc1nccs1. The maximum atomic E-state index is 11.8. The summed E-state index contributed by atoms with van der Waals surface area (Å²) in [4.78, 5) is 19.8. The maximum Gasteiger partial charge on any atom is 0.348 e. The Morgan fingerprint density at radius 3 is 3.00 bits per heavy atom. The Bertz CT molecular complexity index is 806. The van der Waals surface area contributed by atoms with Crippen molar-refractivity contribution in [3.8, 4) is 5.75 Å². The Kier molecular flexibility index (Phi) is 2.85. The van der Waals surface area contributed by atoms with Gasteiger partial charge in [-0.15, -0.1) is 11.3 Å². The van der Waals surface area contributed by atoms with Crippen molar-refractivity contribution in [2.45, 2.75) is 0 Å². The molecule has 3 rings (SSSR count). The van der Waals surface area contributed by atoms with E-state index >= 15 is 0 Å². The molecule has 5 nitrogen and oxygen atoms in total. The number of aromatic hydroxyl groups is 1. The standard InChI is InChI=1S/C13H8N2O3S/c16-11-8-3-1-2-4-10(8)18-12(17)9(11)7-15-13-14-5-6-19-13/h1-7,16H. The van der Waals surface area contributed by atoms with Crippen molar-refractivity contribution in [3.63, 3.8) is 0 Å². The van der Waals surface area contributed by atoms with Crippen LogP contribution in [0.25, 0.3) is 11.0 Å². The molecule has 0 saturated heterocycles. The van der Waals surface area contributed by atoms with E-state index in [4.69, 9.17) is 4.42 Å². The highest BCUT2D eigenvalue weighted by Crippen LogP contribution is 2.25. The van der Waals surface area contributed by atoms with Crippen LogP contribution in [0.1, 0.15) is 5.56 Å². The summed E-state index contributed by atoms with van der Waals surface area (Å²) in [7, 11) is 0. The molecule has 0 bridgehead atoms. The van der Waals surface area contributed by atoms with Crippen molar-refractivity contribution in [2.24, 2.45) is 4.99 Å². The van der Waals surface area contributed by atoms with Gasteiger partial charge in [0.2, 0.25) is 5.13 Å². The molecule has 19 heavy (non-hydrogen) atoms. The Labute approximate surface area is 111 Å². The summed E-state index contributed by atoms with van der Waals surface area (Å²) in [6, 6.07) is 6.78. The molecule has 0 spiro atoms. The van der Waals surface area contributed by atoms with Crippen LogP contribution in [0.15, 0.2) is 50.0 Å². The van der Waals surface area contributed by atoms with Crippen molar-refractivity contribution < 1.29 is 9.52 Å². The number of thiazole rings is 1. The summed E-state index contributed by atoms with van der Waals surface area (Å²) in [5, 5.41) is 12.8. The fraction of sp³-hybridized carbons (Fsp3) is 0. The number of nitrogens with zero attached hydrogens (tertiary/aromatic N) is 2. The first kappa shape index (κ1) is 11.6. The van der Waals surface area contributed by atoms with E-state index in [9.17, 15) is 9.90 Å². The minimum absolute atomic E-state index is 0.0221. The van der Waals surface area contributed by atoms with Crippen LogP contribution in [0.2, 0.25) is 0 Å². The summed E-state index contributed by atoms with van der Waals surface area (Å²) >= 11 is 1.33. The quantitative estimate of drug-likeness (QED) is 0.575. The summed E-state index contributed by atoms with van der Waals surface area (Å²) in [5.74, 6) is -0.132. The van der Waals surface area contributed by atoms with Gasteiger partial charge in [-0.25, -0.2) is 14.8 Å². The normalized spacial score (nSPS) is 11.4. The average molecular weight is 272 g/mol. The zero-order valence-electron chi connectivity index (χ0n) is 9.61. The van der Waals surface area contributed by atoms with Gasteiger partial charge in [0.15, 0.2) is 0 Å². The number of hydrogen-bond donors (Lipinski definition) is 1. The van der Waals surface area contributed by atoms with Crippen molar-refractivity contribution in [3.05, 3.63) is 51.8 Å². The largest absolute Gasteiger partial charge is 0.506 e. The fourth-order valence-corrected chi connectivity index (χ4v) is 2.14. The van der Waals surface area contributed by atoms with Gasteiger partial charge < -0.3 is 9.52 Å². The third-order valence-electron chi connectivity index (χ3n) is 2.54. The lowest BCUT2D eigenvalue weighted by atomic mass is 10.1. The van der Waals surface area contributed by atoms with Gasteiger partial charge >= 0.3 is 5.63 Å². The number of aliphatic imine (C=N–C) groups is 1. The zero-order valence-corrected chi connectivity index (χ0v) is 10.4. The fourth-order valence-electron chi connectivity index (χ4n) is 1.66. The topological polar surface area (TPSA) is 75.7 Å². The molecular formula is C13H8N2O3S. The molecule has 1 N–H and O–H groups in total. The van der Waals surface area contributed by atoms with Crippen molar-refractivity contribution in [1.82, 2.24) is 4.98 Å². The van der Waals surface area contributed by atoms with Crippen molar-refractivity contribution >= 4 is 33.7 Å². The molecular weight excluding hydrogens is 264 g/mol. The predicted molar refractivity (Wildman–Crippen MR) is 73.5 cm³/mol. The number of hydrogen-bond acceptors (Lipinski definition) is 6. The smallest absolute Gasteiger partial charge is 0.348 e. The molecule has 0 fully saturated rings. The van der Waals surface area contributed by atoms with Crippen LogP contribution >= 0.6 is 11.3 Å². The molecule has 0 atom stereocenters. The summed E-state index contributed by atoms with van der Waals surface area (Å²) in [5.41, 5.74) is -0.262. The van der Waals surface area contributed by atoms with Gasteiger partial charge in [-0.2, -0.15) is 0 Å². The van der Waals surface area contributed by atoms with E-state index < -0.39 is 5.63 Å². The molecule has 3 aromatic rings. The number of aromatic nitrogens is 1. The molecule has 0 unspecified atom stereocenters. The van der Waals surface area contributed by atoms with E-state index in [2.05, 4.69) is 9.98 Å². The molecule has 0 amide bonds. The van der Waals surface area contributed by atoms with Crippen LogP contribution in [-0.4, -0.2) is 16.3 Å². The van der Waals surface area contributed by atoms with Crippen LogP contribution in [0.3, 0.4) is 0 Å². The molecule has 0 saturated carbocycles. The Balaban J connectivity index is 2.16. The van der Waals surface area contributed by atoms with Crippen LogP contribution in [0.4, 0.5) is 5.13 Å². The number of fused-ring (bicyclic) bond motifs is 1. The first-order valence-corrected chi connectivity index (χ1v) is 6.32. The van der Waals surface area contributed by atoms with Gasteiger partial charge in [0, 0.05) is 17.8 Å².